The van der Waals surface area contributed by atoms with Crippen LogP contribution in [0.3, 0.4) is 0 Å². The van der Waals surface area contributed by atoms with Gasteiger partial charge in [0.15, 0.2) is 6.61 Å². The van der Waals surface area contributed by atoms with Crippen molar-refractivity contribution in [1.82, 2.24) is 9.88 Å². The highest BCUT2D eigenvalue weighted by Crippen LogP contribution is 2.29. The maximum absolute atomic E-state index is 12.7. The molecule has 1 saturated carbocycles. The lowest BCUT2D eigenvalue weighted by Gasteiger charge is -2.13. The van der Waals surface area contributed by atoms with E-state index in [1.165, 1.54) is 0 Å². The number of ether oxygens (including phenoxy) is 1. The maximum atomic E-state index is 12.7. The molecule has 10 heteroatoms. The highest BCUT2D eigenvalue weighted by Gasteiger charge is 2.32. The number of nitrogens with zero attached hydrogens (tertiary/aromatic N) is 1. The smallest absolute Gasteiger partial charge is 0.417 e. The van der Waals surface area contributed by atoms with Crippen molar-refractivity contribution in [3.63, 3.8) is 0 Å². The Bertz CT molecular complexity index is 712. The monoisotopic (exact) mass is 380 g/mol. The van der Waals surface area contributed by atoms with E-state index in [0.717, 1.165) is 25.7 Å². The van der Waals surface area contributed by atoms with E-state index < -0.39 is 47.3 Å². The van der Waals surface area contributed by atoms with Crippen LogP contribution in [0.4, 0.5) is 13.2 Å². The quantitative estimate of drug-likeness (QED) is 0.794. The predicted molar refractivity (Wildman–Crippen MR) is 82.1 cm³/mol. The van der Waals surface area contributed by atoms with E-state index in [1.807, 2.05) is 0 Å². The van der Waals surface area contributed by atoms with Crippen LogP contribution in [0.1, 0.15) is 31.2 Å². The molecular formula is C15H16ClF3N2O4. The molecule has 138 valence electrons. The van der Waals surface area contributed by atoms with Crippen LogP contribution in [-0.2, 0) is 27.0 Å². The van der Waals surface area contributed by atoms with E-state index in [4.69, 9.17) is 16.3 Å². The van der Waals surface area contributed by atoms with E-state index in [0.29, 0.717) is 16.8 Å². The fourth-order valence-electron chi connectivity index (χ4n) is 2.54. The summed E-state index contributed by atoms with van der Waals surface area (Å²) in [7, 11) is 0. The van der Waals surface area contributed by atoms with Crippen molar-refractivity contribution in [3.8, 4) is 0 Å². The van der Waals surface area contributed by atoms with E-state index in [1.54, 1.807) is 0 Å². The summed E-state index contributed by atoms with van der Waals surface area (Å²) < 4.78 is 43.4. The number of hydrogen-bond donors (Lipinski definition) is 1. The molecule has 1 aromatic heterocycles. The molecule has 0 aromatic carbocycles. The topological polar surface area (TPSA) is 77.4 Å². The second-order valence-corrected chi connectivity index (χ2v) is 6.12. The van der Waals surface area contributed by atoms with Gasteiger partial charge in [-0.05, 0) is 18.9 Å². The first kappa shape index (κ1) is 19.3. The summed E-state index contributed by atoms with van der Waals surface area (Å²) in [4.78, 5) is 35.1. The summed E-state index contributed by atoms with van der Waals surface area (Å²) in [6, 6.07) is 0.539. The Morgan fingerprint density at radius 2 is 1.96 bits per heavy atom. The Balaban J connectivity index is 1.94. The largest absolute Gasteiger partial charge is 0.454 e. The summed E-state index contributed by atoms with van der Waals surface area (Å²) in [5.74, 6) is -1.51. The van der Waals surface area contributed by atoms with Crippen LogP contribution in [0.5, 0.6) is 0 Å². The molecule has 0 aliphatic heterocycles. The summed E-state index contributed by atoms with van der Waals surface area (Å²) in [6.07, 6.45) is -0.484. The van der Waals surface area contributed by atoms with Crippen LogP contribution < -0.4 is 10.9 Å². The number of carbonyl (C=O) groups excluding carboxylic acids is 2. The van der Waals surface area contributed by atoms with Crippen LogP contribution in [0, 0.1) is 0 Å². The van der Waals surface area contributed by atoms with Crippen LogP contribution in [0.15, 0.2) is 17.1 Å². The third-order valence-electron chi connectivity index (χ3n) is 3.75. The zero-order chi connectivity index (χ0) is 18.6. The van der Waals surface area contributed by atoms with Crippen molar-refractivity contribution in [1.29, 1.82) is 0 Å². The molecule has 1 amide bonds. The van der Waals surface area contributed by atoms with E-state index in [-0.39, 0.29) is 6.04 Å². The molecule has 0 radical (unpaired) electrons. The summed E-state index contributed by atoms with van der Waals surface area (Å²) in [5.41, 5.74) is -2.12. The Hall–Kier alpha value is -2.03. The lowest BCUT2D eigenvalue weighted by molar-refractivity contribution is -0.149. The average molecular weight is 381 g/mol. The minimum Gasteiger partial charge on any atom is -0.454 e. The number of rotatable bonds is 5. The summed E-state index contributed by atoms with van der Waals surface area (Å²) >= 11 is 5.48. The lowest BCUT2D eigenvalue weighted by atomic mass is 10.2. The van der Waals surface area contributed by atoms with Gasteiger partial charge in [-0.1, -0.05) is 24.4 Å². The van der Waals surface area contributed by atoms with Gasteiger partial charge in [0, 0.05) is 12.2 Å². The predicted octanol–water partition coefficient (Wildman–Crippen LogP) is 2.12. The van der Waals surface area contributed by atoms with E-state index in [2.05, 4.69) is 5.32 Å². The molecule has 1 N–H and O–H groups in total. The molecule has 0 saturated heterocycles. The van der Waals surface area contributed by atoms with Crippen molar-refractivity contribution >= 4 is 23.5 Å². The Kier molecular flexibility index (Phi) is 6.10. The molecule has 0 bridgehead atoms. The second kappa shape index (κ2) is 7.90. The van der Waals surface area contributed by atoms with Crippen molar-refractivity contribution in [3.05, 3.63) is 33.2 Å². The van der Waals surface area contributed by atoms with Crippen molar-refractivity contribution < 1.29 is 27.5 Å². The van der Waals surface area contributed by atoms with Gasteiger partial charge in [-0.3, -0.25) is 14.4 Å². The fourth-order valence-corrected chi connectivity index (χ4v) is 2.77. The number of halogens is 4. The highest BCUT2D eigenvalue weighted by atomic mass is 35.5. The number of alkyl halides is 3. The third-order valence-corrected chi connectivity index (χ3v) is 4.02. The van der Waals surface area contributed by atoms with Gasteiger partial charge in [-0.25, -0.2) is 0 Å². The van der Waals surface area contributed by atoms with Crippen LogP contribution in [-0.4, -0.2) is 29.1 Å². The molecule has 1 fully saturated rings. The number of hydrogen-bond acceptors (Lipinski definition) is 4. The standard InChI is InChI=1S/C15H16ClF3N2O4/c16-11-5-9(15(17,18)19)6-21(14(11)24)7-13(23)25-8-12(22)20-10-3-1-2-4-10/h5-6,10H,1-4,7-8H2,(H,20,22). The lowest BCUT2D eigenvalue weighted by Crippen LogP contribution is -2.36. The van der Waals surface area contributed by atoms with Gasteiger partial charge in [0.05, 0.1) is 5.56 Å². The average Bonchev–Trinajstić information content (AvgIpc) is 3.01. The third kappa shape index (κ3) is 5.48. The summed E-state index contributed by atoms with van der Waals surface area (Å²) in [6.45, 7) is -1.34. The van der Waals surface area contributed by atoms with Gasteiger partial charge in [-0.15, -0.1) is 0 Å². The van der Waals surface area contributed by atoms with Gasteiger partial charge in [0.1, 0.15) is 11.6 Å². The number of amides is 1. The molecule has 1 aliphatic carbocycles. The second-order valence-electron chi connectivity index (χ2n) is 5.72. The van der Waals surface area contributed by atoms with Crippen LogP contribution in [0.2, 0.25) is 5.02 Å². The van der Waals surface area contributed by atoms with Gasteiger partial charge in [0.25, 0.3) is 11.5 Å². The molecule has 0 atom stereocenters. The Morgan fingerprint density at radius 1 is 1.32 bits per heavy atom. The first-order valence-corrected chi connectivity index (χ1v) is 7.97. The number of aromatic nitrogens is 1. The molecule has 0 unspecified atom stereocenters. The van der Waals surface area contributed by atoms with Gasteiger partial charge < -0.3 is 14.6 Å². The molecule has 1 aromatic rings. The van der Waals surface area contributed by atoms with Crippen molar-refractivity contribution in [2.45, 2.75) is 44.4 Å². The highest BCUT2D eigenvalue weighted by molar-refractivity contribution is 6.30. The number of pyridine rings is 1. The fraction of sp³-hybridized carbons (Fsp3) is 0.533. The normalized spacial score (nSPS) is 15.2. The van der Waals surface area contributed by atoms with Crippen molar-refractivity contribution in [2.75, 3.05) is 6.61 Å². The molecule has 25 heavy (non-hydrogen) atoms. The number of nitrogens with one attached hydrogen (secondary N) is 1. The van der Waals surface area contributed by atoms with Crippen LogP contribution in [0.25, 0.3) is 0 Å². The number of esters is 1. The summed E-state index contributed by atoms with van der Waals surface area (Å²) in [5, 5.41) is 2.03. The van der Waals surface area contributed by atoms with Gasteiger partial charge in [-0.2, -0.15) is 13.2 Å². The number of carbonyl (C=O) groups is 2. The van der Waals surface area contributed by atoms with Crippen molar-refractivity contribution in [2.24, 2.45) is 0 Å². The Labute approximate surface area is 145 Å². The van der Waals surface area contributed by atoms with E-state index >= 15 is 0 Å². The van der Waals surface area contributed by atoms with E-state index in [9.17, 15) is 27.6 Å². The zero-order valence-corrected chi connectivity index (χ0v) is 13.8. The molecule has 6 nitrogen and oxygen atoms in total. The van der Waals surface area contributed by atoms with Crippen LogP contribution >= 0.6 is 11.6 Å². The first-order valence-electron chi connectivity index (χ1n) is 7.59. The first-order chi connectivity index (χ1) is 11.7. The molecule has 1 heterocycles. The molecular weight excluding hydrogens is 365 g/mol. The van der Waals surface area contributed by atoms with Gasteiger partial charge >= 0.3 is 12.1 Å². The molecule has 2 rings (SSSR count). The SMILES string of the molecule is O=C(COC(=O)Cn1cc(C(F)(F)F)cc(Cl)c1=O)NC1CCCC1. The Morgan fingerprint density at radius 3 is 2.56 bits per heavy atom. The molecule has 0 spiro atoms. The minimum absolute atomic E-state index is 0.0519. The van der Waals surface area contributed by atoms with Gasteiger partial charge in [0.2, 0.25) is 0 Å². The zero-order valence-electron chi connectivity index (χ0n) is 13.1. The minimum atomic E-state index is -4.72. The maximum Gasteiger partial charge on any atom is 0.417 e. The molecule has 1 aliphatic rings.